The van der Waals surface area contributed by atoms with Crippen LogP contribution in [-0.2, 0) is 0 Å². The van der Waals surface area contributed by atoms with Crippen LogP contribution in [0, 0.1) is 0 Å². The average molecular weight is 281 g/mol. The van der Waals surface area contributed by atoms with Crippen LogP contribution in [0.3, 0.4) is 0 Å². The van der Waals surface area contributed by atoms with Gasteiger partial charge >= 0.3 is 0 Å². The van der Waals surface area contributed by atoms with Crippen LogP contribution in [0.2, 0.25) is 0 Å². The number of fused-ring (bicyclic) bond motifs is 1. The minimum Gasteiger partial charge on any atom is -0.117 e. The lowest BCUT2D eigenvalue weighted by atomic mass is 9.90. The molecule has 0 aliphatic rings. The van der Waals surface area contributed by atoms with Gasteiger partial charge in [-0.15, -0.1) is 11.6 Å². The largest absolute Gasteiger partial charge is 0.117 e. The first-order valence-corrected chi connectivity index (χ1v) is 7.37. The van der Waals surface area contributed by atoms with Crippen molar-refractivity contribution in [2.45, 2.75) is 18.2 Å². The quantitative estimate of drug-likeness (QED) is 0.522. The zero-order valence-electron chi connectivity index (χ0n) is 11.5. The fourth-order valence-electron chi connectivity index (χ4n) is 2.69. The van der Waals surface area contributed by atoms with Crippen molar-refractivity contribution < 1.29 is 0 Å². The van der Waals surface area contributed by atoms with Gasteiger partial charge in [-0.1, -0.05) is 79.7 Å². The molecule has 0 N–H and O–H groups in total. The summed E-state index contributed by atoms with van der Waals surface area (Å²) in [5.74, 6) is 0.281. The van der Waals surface area contributed by atoms with Crippen molar-refractivity contribution in [2.75, 3.05) is 0 Å². The molecule has 0 aliphatic heterocycles. The van der Waals surface area contributed by atoms with Gasteiger partial charge in [-0.05, 0) is 21.9 Å². The summed E-state index contributed by atoms with van der Waals surface area (Å²) in [6, 6.07) is 25.2. The molecule has 0 nitrogen and oxygen atoms in total. The van der Waals surface area contributed by atoms with Crippen molar-refractivity contribution in [3.8, 4) is 0 Å². The molecule has 0 saturated carbocycles. The monoisotopic (exact) mass is 280 g/mol. The van der Waals surface area contributed by atoms with Crippen molar-refractivity contribution in [1.82, 2.24) is 0 Å². The first-order valence-electron chi connectivity index (χ1n) is 6.94. The Labute approximate surface area is 125 Å². The highest BCUT2D eigenvalue weighted by molar-refractivity contribution is 6.22. The number of alkyl halides is 1. The minimum atomic E-state index is -0.0245. The third-order valence-electron chi connectivity index (χ3n) is 3.88. The van der Waals surface area contributed by atoms with Crippen LogP contribution < -0.4 is 0 Å². The molecule has 0 aromatic heterocycles. The van der Waals surface area contributed by atoms with Crippen molar-refractivity contribution >= 4 is 22.4 Å². The maximum atomic E-state index is 6.77. The second-order valence-corrected chi connectivity index (χ2v) is 5.64. The number of benzene rings is 3. The van der Waals surface area contributed by atoms with E-state index in [0.717, 1.165) is 0 Å². The molecule has 100 valence electrons. The number of hydrogen-bond donors (Lipinski definition) is 0. The Morgan fingerprint density at radius 1 is 0.750 bits per heavy atom. The van der Waals surface area contributed by atoms with Gasteiger partial charge in [0.15, 0.2) is 0 Å². The van der Waals surface area contributed by atoms with Crippen molar-refractivity contribution in [2.24, 2.45) is 0 Å². The summed E-state index contributed by atoms with van der Waals surface area (Å²) in [4.78, 5) is 0. The highest BCUT2D eigenvalue weighted by Crippen LogP contribution is 2.38. The Morgan fingerprint density at radius 2 is 1.40 bits per heavy atom. The van der Waals surface area contributed by atoms with Gasteiger partial charge in [-0.2, -0.15) is 0 Å². The van der Waals surface area contributed by atoms with Gasteiger partial charge in [0, 0.05) is 5.92 Å². The molecule has 0 saturated heterocycles. The second-order valence-electron chi connectivity index (χ2n) is 5.17. The van der Waals surface area contributed by atoms with Crippen LogP contribution in [0.25, 0.3) is 10.8 Å². The molecular formula is C19H17Cl. The lowest BCUT2D eigenvalue weighted by Gasteiger charge is -2.20. The summed E-state index contributed by atoms with van der Waals surface area (Å²) < 4.78 is 0. The summed E-state index contributed by atoms with van der Waals surface area (Å²) in [5.41, 5.74) is 2.49. The van der Waals surface area contributed by atoms with Crippen molar-refractivity contribution in [1.29, 1.82) is 0 Å². The van der Waals surface area contributed by atoms with Gasteiger partial charge in [-0.3, -0.25) is 0 Å². The predicted molar refractivity (Wildman–Crippen MR) is 87.4 cm³/mol. The molecule has 2 unspecified atom stereocenters. The maximum absolute atomic E-state index is 6.77. The molecule has 20 heavy (non-hydrogen) atoms. The van der Waals surface area contributed by atoms with Crippen LogP contribution in [0.5, 0.6) is 0 Å². The molecule has 0 spiro atoms. The van der Waals surface area contributed by atoms with Crippen LogP contribution in [-0.4, -0.2) is 0 Å². The fourth-order valence-corrected chi connectivity index (χ4v) is 3.02. The zero-order chi connectivity index (χ0) is 13.9. The maximum Gasteiger partial charge on any atom is 0.0657 e. The Bertz CT molecular complexity index is 698. The minimum absolute atomic E-state index is 0.0245. The summed E-state index contributed by atoms with van der Waals surface area (Å²) in [6.45, 7) is 2.19. The molecule has 0 bridgehead atoms. The van der Waals surface area contributed by atoms with Crippen LogP contribution >= 0.6 is 11.6 Å². The molecule has 3 rings (SSSR count). The topological polar surface area (TPSA) is 0 Å². The highest BCUT2D eigenvalue weighted by atomic mass is 35.5. The van der Waals surface area contributed by atoms with E-state index in [1.54, 1.807) is 0 Å². The molecule has 0 amide bonds. The lowest BCUT2D eigenvalue weighted by molar-refractivity contribution is 0.736. The van der Waals surface area contributed by atoms with E-state index in [0.29, 0.717) is 0 Å². The Kier molecular flexibility index (Phi) is 3.75. The van der Waals surface area contributed by atoms with Gasteiger partial charge in [0.05, 0.1) is 5.38 Å². The van der Waals surface area contributed by atoms with E-state index in [2.05, 4.69) is 73.7 Å². The van der Waals surface area contributed by atoms with Gasteiger partial charge in [0.1, 0.15) is 0 Å². The van der Waals surface area contributed by atoms with E-state index in [-0.39, 0.29) is 11.3 Å². The van der Waals surface area contributed by atoms with E-state index in [1.807, 2.05) is 6.07 Å². The predicted octanol–water partition coefficient (Wildman–Crippen LogP) is 5.92. The Morgan fingerprint density at radius 3 is 2.20 bits per heavy atom. The summed E-state index contributed by atoms with van der Waals surface area (Å²) in [7, 11) is 0. The molecule has 1 heteroatoms. The molecular weight excluding hydrogens is 264 g/mol. The van der Waals surface area contributed by atoms with E-state index >= 15 is 0 Å². The number of hydrogen-bond acceptors (Lipinski definition) is 0. The smallest absolute Gasteiger partial charge is 0.0657 e. The molecule has 3 aromatic carbocycles. The Hall–Kier alpha value is -1.79. The summed E-state index contributed by atoms with van der Waals surface area (Å²) in [5, 5.41) is 2.47. The first-order chi connectivity index (χ1) is 9.77. The van der Waals surface area contributed by atoms with E-state index in [9.17, 15) is 0 Å². The summed E-state index contributed by atoms with van der Waals surface area (Å²) in [6.07, 6.45) is 0. The number of rotatable bonds is 3. The first kappa shape index (κ1) is 13.2. The van der Waals surface area contributed by atoms with Gasteiger partial charge < -0.3 is 0 Å². The third kappa shape index (κ3) is 2.44. The average Bonchev–Trinajstić information content (AvgIpc) is 2.54. The normalized spacial score (nSPS) is 14.1. The van der Waals surface area contributed by atoms with Crippen LogP contribution in [0.15, 0.2) is 72.8 Å². The summed E-state index contributed by atoms with van der Waals surface area (Å²) >= 11 is 6.77. The van der Waals surface area contributed by atoms with Crippen molar-refractivity contribution in [3.05, 3.63) is 83.9 Å². The van der Waals surface area contributed by atoms with Crippen LogP contribution in [0.4, 0.5) is 0 Å². The molecule has 3 aromatic rings. The second kappa shape index (κ2) is 5.68. The number of halogens is 1. The standard InChI is InChI=1S/C19H17Cl/c1-14(15-8-3-2-4-9-15)19(20)18-13-7-11-16-10-5-6-12-17(16)18/h2-14,19H,1H3. The van der Waals surface area contributed by atoms with Gasteiger partial charge in [0.2, 0.25) is 0 Å². The molecule has 0 aliphatic carbocycles. The van der Waals surface area contributed by atoms with E-state index in [1.165, 1.54) is 21.9 Å². The lowest BCUT2D eigenvalue weighted by Crippen LogP contribution is -2.03. The third-order valence-corrected chi connectivity index (χ3v) is 4.50. The molecule has 0 radical (unpaired) electrons. The zero-order valence-corrected chi connectivity index (χ0v) is 12.2. The van der Waals surface area contributed by atoms with Gasteiger partial charge in [0.25, 0.3) is 0 Å². The van der Waals surface area contributed by atoms with Gasteiger partial charge in [-0.25, -0.2) is 0 Å². The molecule has 2 atom stereocenters. The van der Waals surface area contributed by atoms with E-state index in [4.69, 9.17) is 11.6 Å². The fraction of sp³-hybridized carbons (Fsp3) is 0.158. The Balaban J connectivity index is 2.03. The highest BCUT2D eigenvalue weighted by Gasteiger charge is 2.19. The van der Waals surface area contributed by atoms with Crippen molar-refractivity contribution in [3.63, 3.8) is 0 Å². The van der Waals surface area contributed by atoms with E-state index < -0.39 is 0 Å². The SMILES string of the molecule is CC(c1ccccc1)C(Cl)c1cccc2ccccc12. The van der Waals surface area contributed by atoms with Crippen LogP contribution in [0.1, 0.15) is 29.3 Å². The molecule has 0 fully saturated rings. The molecule has 0 heterocycles.